The highest BCUT2D eigenvalue weighted by Gasteiger charge is 2.18. The molecular formula is C17H14F4N2O2. The summed E-state index contributed by atoms with van der Waals surface area (Å²) in [5, 5.41) is 2.34. The lowest BCUT2D eigenvalue weighted by Crippen LogP contribution is -2.32. The smallest absolute Gasteiger partial charge is 0.226 e. The number of carbonyl (C=O) groups is 2. The summed E-state index contributed by atoms with van der Waals surface area (Å²) in [4.78, 5) is 24.5. The van der Waals surface area contributed by atoms with Crippen molar-refractivity contribution >= 4 is 23.2 Å². The fraction of sp³-hybridized carbons (Fsp3) is 0.176. The molecule has 0 aliphatic carbocycles. The molecule has 0 radical (unpaired) electrons. The summed E-state index contributed by atoms with van der Waals surface area (Å²) in [5.74, 6) is -5.01. The van der Waals surface area contributed by atoms with E-state index in [1.54, 1.807) is 0 Å². The SMILES string of the molecule is CC(=O)N(CCC(=O)Nc1ccc(F)c(F)c1)c1ccc(F)cc1F. The van der Waals surface area contributed by atoms with E-state index in [9.17, 15) is 27.2 Å². The predicted molar refractivity (Wildman–Crippen MR) is 84.0 cm³/mol. The third-order valence-corrected chi connectivity index (χ3v) is 3.35. The van der Waals surface area contributed by atoms with Crippen LogP contribution in [0.2, 0.25) is 0 Å². The topological polar surface area (TPSA) is 49.4 Å². The van der Waals surface area contributed by atoms with Crippen molar-refractivity contribution in [3.63, 3.8) is 0 Å². The van der Waals surface area contributed by atoms with Crippen LogP contribution < -0.4 is 10.2 Å². The molecule has 8 heteroatoms. The number of nitrogens with zero attached hydrogens (tertiary/aromatic N) is 1. The molecule has 1 N–H and O–H groups in total. The van der Waals surface area contributed by atoms with Crippen molar-refractivity contribution in [1.29, 1.82) is 0 Å². The Morgan fingerprint density at radius 1 is 0.960 bits per heavy atom. The van der Waals surface area contributed by atoms with Gasteiger partial charge in [0.15, 0.2) is 11.6 Å². The predicted octanol–water partition coefficient (Wildman–Crippen LogP) is 3.62. The minimum absolute atomic E-state index is 0.0474. The summed E-state index contributed by atoms with van der Waals surface area (Å²) in [7, 11) is 0. The second kappa shape index (κ2) is 7.78. The Kier molecular flexibility index (Phi) is 5.74. The van der Waals surface area contributed by atoms with E-state index in [-0.39, 0.29) is 24.3 Å². The van der Waals surface area contributed by atoms with Gasteiger partial charge in [0.05, 0.1) is 5.69 Å². The summed E-state index contributed by atoms with van der Waals surface area (Å²) in [6.07, 6.45) is -0.227. The lowest BCUT2D eigenvalue weighted by Gasteiger charge is -2.21. The summed E-state index contributed by atoms with van der Waals surface area (Å²) in [5.41, 5.74) is -0.110. The van der Waals surface area contributed by atoms with Crippen LogP contribution in [0.4, 0.5) is 28.9 Å². The molecule has 0 aliphatic heterocycles. The van der Waals surface area contributed by atoms with Crippen LogP contribution in [0.15, 0.2) is 36.4 Å². The molecule has 0 unspecified atom stereocenters. The van der Waals surface area contributed by atoms with Gasteiger partial charge in [0.1, 0.15) is 11.6 Å². The quantitative estimate of drug-likeness (QED) is 0.834. The lowest BCUT2D eigenvalue weighted by atomic mass is 10.2. The zero-order valence-electron chi connectivity index (χ0n) is 13.2. The van der Waals surface area contributed by atoms with Crippen LogP contribution >= 0.6 is 0 Å². The molecule has 0 heterocycles. The number of hydrogen-bond donors (Lipinski definition) is 1. The first-order chi connectivity index (χ1) is 11.8. The van der Waals surface area contributed by atoms with Gasteiger partial charge in [-0.25, -0.2) is 17.6 Å². The Morgan fingerprint density at radius 2 is 1.68 bits per heavy atom. The number of amides is 2. The zero-order chi connectivity index (χ0) is 18.6. The van der Waals surface area contributed by atoms with E-state index in [4.69, 9.17) is 0 Å². The van der Waals surface area contributed by atoms with Gasteiger partial charge in [-0.15, -0.1) is 0 Å². The highest BCUT2D eigenvalue weighted by molar-refractivity contribution is 5.94. The number of carbonyl (C=O) groups excluding carboxylic acids is 2. The van der Waals surface area contributed by atoms with Gasteiger partial charge in [-0.1, -0.05) is 0 Å². The van der Waals surface area contributed by atoms with E-state index in [2.05, 4.69) is 5.32 Å². The molecule has 0 spiro atoms. The largest absolute Gasteiger partial charge is 0.326 e. The number of benzene rings is 2. The number of rotatable bonds is 5. The normalized spacial score (nSPS) is 10.4. The van der Waals surface area contributed by atoms with Gasteiger partial charge in [-0.3, -0.25) is 9.59 Å². The number of anilines is 2. The molecule has 2 amide bonds. The molecule has 0 bridgehead atoms. The van der Waals surface area contributed by atoms with Crippen LogP contribution in [0.25, 0.3) is 0 Å². The number of halogens is 4. The van der Waals surface area contributed by atoms with Crippen molar-refractivity contribution in [1.82, 2.24) is 0 Å². The molecule has 0 fully saturated rings. The molecule has 0 aromatic heterocycles. The molecule has 2 aromatic carbocycles. The fourth-order valence-corrected chi connectivity index (χ4v) is 2.16. The average Bonchev–Trinajstić information content (AvgIpc) is 2.52. The maximum atomic E-state index is 13.8. The molecular weight excluding hydrogens is 340 g/mol. The van der Waals surface area contributed by atoms with E-state index in [0.717, 1.165) is 29.2 Å². The summed E-state index contributed by atoms with van der Waals surface area (Å²) in [6, 6.07) is 5.58. The monoisotopic (exact) mass is 354 g/mol. The standard InChI is InChI=1S/C17H14F4N2O2/c1-10(24)23(16-5-2-11(18)8-15(16)21)7-6-17(25)22-12-3-4-13(19)14(20)9-12/h2-5,8-9H,6-7H2,1H3,(H,22,25). The lowest BCUT2D eigenvalue weighted by molar-refractivity contribution is -0.117. The molecule has 0 atom stereocenters. The van der Waals surface area contributed by atoms with Gasteiger partial charge in [0.25, 0.3) is 0 Å². The van der Waals surface area contributed by atoms with Crippen molar-refractivity contribution in [3.05, 3.63) is 59.7 Å². The Labute approximate surface area is 141 Å². The van der Waals surface area contributed by atoms with Crippen molar-refractivity contribution in [3.8, 4) is 0 Å². The second-order valence-corrected chi connectivity index (χ2v) is 5.19. The van der Waals surface area contributed by atoms with Crippen LogP contribution in [-0.2, 0) is 9.59 Å². The Hall–Kier alpha value is -2.90. The molecule has 25 heavy (non-hydrogen) atoms. The Balaban J connectivity index is 2.04. The van der Waals surface area contributed by atoms with Gasteiger partial charge in [-0.05, 0) is 24.3 Å². The maximum Gasteiger partial charge on any atom is 0.226 e. The van der Waals surface area contributed by atoms with Crippen molar-refractivity contribution < 1.29 is 27.2 Å². The first-order valence-corrected chi connectivity index (χ1v) is 7.26. The van der Waals surface area contributed by atoms with E-state index in [0.29, 0.717) is 6.07 Å². The van der Waals surface area contributed by atoms with Crippen LogP contribution in [0.1, 0.15) is 13.3 Å². The van der Waals surface area contributed by atoms with Gasteiger partial charge >= 0.3 is 0 Å². The maximum absolute atomic E-state index is 13.8. The van der Waals surface area contributed by atoms with Crippen molar-refractivity contribution in [2.45, 2.75) is 13.3 Å². The second-order valence-electron chi connectivity index (χ2n) is 5.19. The van der Waals surface area contributed by atoms with Crippen LogP contribution in [0.3, 0.4) is 0 Å². The van der Waals surface area contributed by atoms with Crippen LogP contribution in [0.5, 0.6) is 0 Å². The fourth-order valence-electron chi connectivity index (χ4n) is 2.16. The molecule has 0 aliphatic rings. The summed E-state index contributed by atoms with van der Waals surface area (Å²) >= 11 is 0. The Morgan fingerprint density at radius 3 is 2.28 bits per heavy atom. The molecule has 2 aromatic rings. The first kappa shape index (κ1) is 18.4. The summed E-state index contributed by atoms with van der Waals surface area (Å²) in [6.45, 7) is 1.00. The molecule has 4 nitrogen and oxygen atoms in total. The average molecular weight is 354 g/mol. The minimum Gasteiger partial charge on any atom is -0.326 e. The first-order valence-electron chi connectivity index (χ1n) is 7.26. The molecule has 0 saturated heterocycles. The van der Waals surface area contributed by atoms with E-state index < -0.39 is 35.1 Å². The molecule has 132 valence electrons. The minimum atomic E-state index is -1.11. The van der Waals surface area contributed by atoms with Crippen molar-refractivity contribution in [2.75, 3.05) is 16.8 Å². The highest BCUT2D eigenvalue weighted by Crippen LogP contribution is 2.21. The Bertz CT molecular complexity index is 811. The van der Waals surface area contributed by atoms with Gasteiger partial charge in [0.2, 0.25) is 11.8 Å². The molecule has 0 saturated carbocycles. The zero-order valence-corrected chi connectivity index (χ0v) is 13.2. The van der Waals surface area contributed by atoms with Gasteiger partial charge in [0, 0.05) is 37.7 Å². The van der Waals surface area contributed by atoms with Gasteiger partial charge < -0.3 is 10.2 Å². The van der Waals surface area contributed by atoms with Gasteiger partial charge in [-0.2, -0.15) is 0 Å². The van der Waals surface area contributed by atoms with Crippen LogP contribution in [0, 0.1) is 23.3 Å². The number of nitrogens with one attached hydrogen (secondary N) is 1. The van der Waals surface area contributed by atoms with E-state index >= 15 is 0 Å². The highest BCUT2D eigenvalue weighted by atomic mass is 19.2. The van der Waals surface area contributed by atoms with E-state index in [1.807, 2.05) is 0 Å². The van der Waals surface area contributed by atoms with Crippen molar-refractivity contribution in [2.24, 2.45) is 0 Å². The third kappa shape index (κ3) is 4.79. The number of hydrogen-bond acceptors (Lipinski definition) is 2. The molecule has 2 rings (SSSR count). The third-order valence-electron chi connectivity index (χ3n) is 3.35. The summed E-state index contributed by atoms with van der Waals surface area (Å²) < 4.78 is 52.7. The van der Waals surface area contributed by atoms with E-state index in [1.165, 1.54) is 13.0 Å². The van der Waals surface area contributed by atoms with Crippen LogP contribution in [-0.4, -0.2) is 18.4 Å².